The SMILES string of the molecule is Cc1ccsc1C1SC(C)C(=O)N1CCN1CCN(C(=O)C(C)C)CC1. The zero-order valence-electron chi connectivity index (χ0n) is 16.1. The van der Waals surface area contributed by atoms with Crippen molar-refractivity contribution in [1.82, 2.24) is 14.7 Å². The van der Waals surface area contributed by atoms with Gasteiger partial charge in [-0.05, 0) is 30.9 Å². The van der Waals surface area contributed by atoms with Crippen molar-refractivity contribution in [3.05, 3.63) is 21.9 Å². The van der Waals surface area contributed by atoms with E-state index < -0.39 is 0 Å². The van der Waals surface area contributed by atoms with Gasteiger partial charge in [-0.15, -0.1) is 23.1 Å². The van der Waals surface area contributed by atoms with E-state index in [9.17, 15) is 9.59 Å². The lowest BCUT2D eigenvalue weighted by Gasteiger charge is -2.36. The van der Waals surface area contributed by atoms with Crippen LogP contribution in [0.5, 0.6) is 0 Å². The Morgan fingerprint density at radius 1 is 1.23 bits per heavy atom. The van der Waals surface area contributed by atoms with Crippen LogP contribution in [0.1, 0.15) is 36.6 Å². The smallest absolute Gasteiger partial charge is 0.236 e. The van der Waals surface area contributed by atoms with Gasteiger partial charge < -0.3 is 9.80 Å². The lowest BCUT2D eigenvalue weighted by Crippen LogP contribution is -2.51. The van der Waals surface area contributed by atoms with Crippen molar-refractivity contribution in [1.29, 1.82) is 0 Å². The van der Waals surface area contributed by atoms with E-state index >= 15 is 0 Å². The predicted octanol–water partition coefficient (Wildman–Crippen LogP) is 2.82. The molecule has 0 bridgehead atoms. The number of aryl methyl sites for hydroxylation is 1. The topological polar surface area (TPSA) is 43.9 Å². The molecule has 1 aromatic rings. The van der Waals surface area contributed by atoms with Gasteiger partial charge in [0.15, 0.2) is 0 Å². The van der Waals surface area contributed by atoms with Crippen LogP contribution in [0.25, 0.3) is 0 Å². The molecule has 7 heteroatoms. The Kier molecular flexibility index (Phi) is 6.30. The van der Waals surface area contributed by atoms with Gasteiger partial charge in [0.25, 0.3) is 0 Å². The van der Waals surface area contributed by atoms with E-state index in [0.717, 1.165) is 39.3 Å². The van der Waals surface area contributed by atoms with Gasteiger partial charge in [0.2, 0.25) is 11.8 Å². The number of amides is 2. The third-order valence-electron chi connectivity index (χ3n) is 5.21. The van der Waals surface area contributed by atoms with Gasteiger partial charge in [-0.3, -0.25) is 14.5 Å². The summed E-state index contributed by atoms with van der Waals surface area (Å²) in [6.07, 6.45) is 0. The van der Waals surface area contributed by atoms with Crippen LogP contribution in [0.15, 0.2) is 11.4 Å². The molecular weight excluding hydrogens is 366 g/mol. The molecule has 0 radical (unpaired) electrons. The summed E-state index contributed by atoms with van der Waals surface area (Å²) in [6, 6.07) is 2.14. The summed E-state index contributed by atoms with van der Waals surface area (Å²) in [5.74, 6) is 0.566. The van der Waals surface area contributed by atoms with Crippen molar-refractivity contribution in [2.24, 2.45) is 5.92 Å². The van der Waals surface area contributed by atoms with Gasteiger partial charge >= 0.3 is 0 Å². The molecule has 0 spiro atoms. The van der Waals surface area contributed by atoms with E-state index in [2.05, 4.69) is 28.2 Å². The number of rotatable bonds is 5. The van der Waals surface area contributed by atoms with Crippen LogP contribution in [0, 0.1) is 12.8 Å². The zero-order chi connectivity index (χ0) is 18.8. The highest BCUT2D eigenvalue weighted by atomic mass is 32.2. The third-order valence-corrected chi connectivity index (χ3v) is 7.79. The standard InChI is InChI=1S/C19H29N3O2S2/c1-13(2)17(23)21-9-6-20(7-10-21)8-11-22-18(24)15(4)26-19(22)16-14(3)5-12-25-16/h5,12-13,15,19H,6-11H2,1-4H3. The van der Waals surface area contributed by atoms with Gasteiger partial charge in [0.1, 0.15) is 5.37 Å². The molecule has 5 nitrogen and oxygen atoms in total. The highest BCUT2D eigenvalue weighted by molar-refractivity contribution is 8.01. The Morgan fingerprint density at radius 2 is 1.92 bits per heavy atom. The number of hydrogen-bond acceptors (Lipinski definition) is 5. The van der Waals surface area contributed by atoms with Crippen LogP contribution in [-0.4, -0.2) is 71.0 Å². The summed E-state index contributed by atoms with van der Waals surface area (Å²) in [6.45, 7) is 13.1. The number of carbonyl (C=O) groups is 2. The van der Waals surface area contributed by atoms with Gasteiger partial charge in [-0.1, -0.05) is 13.8 Å². The number of piperazine rings is 1. The van der Waals surface area contributed by atoms with E-state index in [1.807, 2.05) is 25.7 Å². The Morgan fingerprint density at radius 3 is 2.50 bits per heavy atom. The maximum atomic E-state index is 12.6. The molecule has 0 saturated carbocycles. The van der Waals surface area contributed by atoms with E-state index in [-0.39, 0.29) is 28.4 Å². The fraction of sp³-hybridized carbons (Fsp3) is 0.684. The number of nitrogens with zero attached hydrogens (tertiary/aromatic N) is 3. The van der Waals surface area contributed by atoms with Crippen molar-refractivity contribution in [3.8, 4) is 0 Å². The lowest BCUT2D eigenvalue weighted by atomic mass is 10.1. The van der Waals surface area contributed by atoms with E-state index in [1.165, 1.54) is 10.4 Å². The summed E-state index contributed by atoms with van der Waals surface area (Å²) in [7, 11) is 0. The monoisotopic (exact) mass is 395 g/mol. The van der Waals surface area contributed by atoms with E-state index in [4.69, 9.17) is 0 Å². The molecule has 26 heavy (non-hydrogen) atoms. The Bertz CT molecular complexity index is 653. The van der Waals surface area contributed by atoms with Crippen LogP contribution in [0.4, 0.5) is 0 Å². The largest absolute Gasteiger partial charge is 0.340 e. The van der Waals surface area contributed by atoms with Gasteiger partial charge in [-0.25, -0.2) is 0 Å². The number of carbonyl (C=O) groups excluding carboxylic acids is 2. The molecule has 2 amide bonds. The first kappa shape index (κ1) is 19.7. The van der Waals surface area contributed by atoms with Crippen LogP contribution < -0.4 is 0 Å². The maximum Gasteiger partial charge on any atom is 0.236 e. The molecular formula is C19H29N3O2S2. The van der Waals surface area contributed by atoms with Crippen LogP contribution in [-0.2, 0) is 9.59 Å². The first-order valence-electron chi connectivity index (χ1n) is 9.39. The molecule has 2 aliphatic heterocycles. The highest BCUT2D eigenvalue weighted by Gasteiger charge is 2.39. The first-order chi connectivity index (χ1) is 12.4. The molecule has 0 N–H and O–H groups in total. The second kappa shape index (κ2) is 8.31. The van der Waals surface area contributed by atoms with Crippen LogP contribution in [0.3, 0.4) is 0 Å². The number of thioether (sulfide) groups is 1. The Labute approximate surface area is 164 Å². The number of thiophene rings is 1. The summed E-state index contributed by atoms with van der Waals surface area (Å²) in [5.41, 5.74) is 1.28. The molecule has 0 aromatic carbocycles. The van der Waals surface area contributed by atoms with Crippen molar-refractivity contribution in [2.75, 3.05) is 39.3 Å². The highest BCUT2D eigenvalue weighted by Crippen LogP contribution is 2.45. The molecule has 2 aliphatic rings. The molecule has 0 aliphatic carbocycles. The summed E-state index contributed by atoms with van der Waals surface area (Å²) in [4.78, 5) is 32.5. The minimum Gasteiger partial charge on any atom is -0.340 e. The van der Waals surface area contributed by atoms with Gasteiger partial charge in [-0.2, -0.15) is 0 Å². The molecule has 2 fully saturated rings. The third kappa shape index (κ3) is 4.10. The first-order valence-corrected chi connectivity index (χ1v) is 11.2. The molecule has 2 saturated heterocycles. The maximum absolute atomic E-state index is 12.6. The van der Waals surface area contributed by atoms with Crippen LogP contribution >= 0.6 is 23.1 Å². The molecule has 2 atom stereocenters. The average molecular weight is 396 g/mol. The van der Waals surface area contributed by atoms with Crippen molar-refractivity contribution in [3.63, 3.8) is 0 Å². The Hall–Kier alpha value is -1.05. The van der Waals surface area contributed by atoms with E-state index in [0.29, 0.717) is 0 Å². The average Bonchev–Trinajstić information content (AvgIpc) is 3.16. The predicted molar refractivity (Wildman–Crippen MR) is 108 cm³/mol. The van der Waals surface area contributed by atoms with Gasteiger partial charge in [0.05, 0.1) is 5.25 Å². The lowest BCUT2D eigenvalue weighted by molar-refractivity contribution is -0.136. The van der Waals surface area contributed by atoms with Crippen molar-refractivity contribution >= 4 is 34.9 Å². The zero-order valence-corrected chi connectivity index (χ0v) is 17.7. The minimum absolute atomic E-state index is 0.0296. The summed E-state index contributed by atoms with van der Waals surface area (Å²) in [5, 5.41) is 2.30. The molecule has 144 valence electrons. The second-order valence-corrected chi connectivity index (χ2v) is 9.83. The Balaban J connectivity index is 1.56. The number of hydrogen-bond donors (Lipinski definition) is 0. The summed E-state index contributed by atoms with van der Waals surface area (Å²) >= 11 is 3.51. The molecule has 3 heterocycles. The molecule has 2 unspecified atom stereocenters. The molecule has 3 rings (SSSR count). The molecule has 1 aromatic heterocycles. The fourth-order valence-corrected chi connectivity index (χ4v) is 6.10. The van der Waals surface area contributed by atoms with Gasteiger partial charge in [0, 0.05) is 50.1 Å². The summed E-state index contributed by atoms with van der Waals surface area (Å²) < 4.78 is 0. The quantitative estimate of drug-likeness (QED) is 0.769. The minimum atomic E-state index is 0.0296. The normalized spacial score (nSPS) is 24.7. The second-order valence-electron chi connectivity index (χ2n) is 7.45. The van der Waals surface area contributed by atoms with Crippen molar-refractivity contribution in [2.45, 2.75) is 38.3 Å². The van der Waals surface area contributed by atoms with Crippen molar-refractivity contribution < 1.29 is 9.59 Å². The van der Waals surface area contributed by atoms with Crippen LogP contribution in [0.2, 0.25) is 0 Å². The van der Waals surface area contributed by atoms with E-state index in [1.54, 1.807) is 23.1 Å². The fourth-order valence-electron chi connectivity index (χ4n) is 3.55.